The minimum Gasteiger partial charge on any atom is -0.290 e. The van der Waals surface area contributed by atoms with Gasteiger partial charge in [-0.3, -0.25) is 28.8 Å². The first-order valence-corrected chi connectivity index (χ1v) is 11.8. The minimum atomic E-state index is -0.778. The van der Waals surface area contributed by atoms with Crippen LogP contribution >= 0.6 is 0 Å². The van der Waals surface area contributed by atoms with Gasteiger partial charge in [0, 0.05) is 6.92 Å². The van der Waals surface area contributed by atoms with Gasteiger partial charge in [0.2, 0.25) is 5.91 Å². The van der Waals surface area contributed by atoms with Crippen molar-refractivity contribution in [1.82, 2.24) is 14.5 Å². The Morgan fingerprint density at radius 3 is 2.51 bits per heavy atom. The highest BCUT2D eigenvalue weighted by Crippen LogP contribution is 2.62. The first kappa shape index (κ1) is 21.5. The van der Waals surface area contributed by atoms with Crippen molar-refractivity contribution in [1.29, 1.82) is 0 Å². The molecule has 7 nitrogen and oxygen atoms in total. The van der Waals surface area contributed by atoms with Crippen LogP contribution in [-0.2, 0) is 15.0 Å². The van der Waals surface area contributed by atoms with Crippen LogP contribution in [0.3, 0.4) is 0 Å². The number of allylic oxidation sites excluding steroid dienone is 1. The van der Waals surface area contributed by atoms with Gasteiger partial charge in [-0.25, -0.2) is 4.98 Å². The van der Waals surface area contributed by atoms with Crippen LogP contribution in [0.4, 0.5) is 5.69 Å². The predicted molar refractivity (Wildman–Crippen MR) is 135 cm³/mol. The van der Waals surface area contributed by atoms with Crippen molar-refractivity contribution in [2.24, 2.45) is 5.41 Å². The highest BCUT2D eigenvalue weighted by Gasteiger charge is 2.66. The van der Waals surface area contributed by atoms with Gasteiger partial charge in [0.05, 0.1) is 27.7 Å². The zero-order valence-corrected chi connectivity index (χ0v) is 20.1. The van der Waals surface area contributed by atoms with Crippen molar-refractivity contribution in [2.75, 3.05) is 4.90 Å². The van der Waals surface area contributed by atoms with E-state index in [9.17, 15) is 14.4 Å². The summed E-state index contributed by atoms with van der Waals surface area (Å²) >= 11 is 0. The topological polar surface area (TPSA) is 75.5 Å². The highest BCUT2D eigenvalue weighted by atomic mass is 16.2. The lowest BCUT2D eigenvalue weighted by molar-refractivity contribution is -0.135. The van der Waals surface area contributed by atoms with Crippen LogP contribution in [0.1, 0.15) is 45.1 Å². The number of hydrogen-bond donors (Lipinski definition) is 0. The summed E-state index contributed by atoms with van der Waals surface area (Å²) < 4.78 is 1.49. The number of fused-ring (bicyclic) bond motifs is 8. The number of para-hydroxylation sites is 2. The summed E-state index contributed by atoms with van der Waals surface area (Å²) in [4.78, 5) is 48.9. The third-order valence-electron chi connectivity index (χ3n) is 8.06. The highest BCUT2D eigenvalue weighted by molar-refractivity contribution is 6.02. The molecule has 4 heterocycles. The van der Waals surface area contributed by atoms with Crippen LogP contribution in [0, 0.1) is 5.41 Å². The third kappa shape index (κ3) is 2.40. The first-order chi connectivity index (χ1) is 16.7. The van der Waals surface area contributed by atoms with Gasteiger partial charge in [0.1, 0.15) is 12.2 Å². The molecule has 35 heavy (non-hydrogen) atoms. The quantitative estimate of drug-likeness (QED) is 0.535. The smallest absolute Gasteiger partial charge is 0.262 e. The number of nitrogens with zero attached hydrogens (tertiary/aromatic N) is 4. The molecule has 0 saturated carbocycles. The Labute approximate surface area is 203 Å². The number of rotatable bonds is 2. The lowest BCUT2D eigenvalue weighted by Gasteiger charge is -2.46. The first-order valence-electron chi connectivity index (χ1n) is 11.8. The van der Waals surface area contributed by atoms with E-state index < -0.39 is 23.0 Å². The van der Waals surface area contributed by atoms with E-state index >= 15 is 0 Å². The van der Waals surface area contributed by atoms with Gasteiger partial charge in [-0.15, -0.1) is 6.58 Å². The maximum atomic E-state index is 14.0. The normalized spacial score (nSPS) is 24.6. The predicted octanol–water partition coefficient (Wildman–Crippen LogP) is 4.00. The molecule has 0 unspecified atom stereocenters. The maximum Gasteiger partial charge on any atom is 0.262 e. The summed E-state index contributed by atoms with van der Waals surface area (Å²) in [6.07, 6.45) is 3.29. The molecule has 2 aromatic carbocycles. The van der Waals surface area contributed by atoms with Crippen LogP contribution in [0.2, 0.25) is 0 Å². The molecule has 1 aromatic heterocycles. The summed E-state index contributed by atoms with van der Waals surface area (Å²) in [5, 5.41) is 0.472. The molecule has 176 valence electrons. The Bertz CT molecular complexity index is 1570. The maximum absolute atomic E-state index is 14.0. The molecular formula is C28H26N4O3. The van der Waals surface area contributed by atoms with E-state index in [1.54, 1.807) is 34.9 Å². The average molecular weight is 467 g/mol. The van der Waals surface area contributed by atoms with E-state index in [0.717, 1.165) is 11.3 Å². The van der Waals surface area contributed by atoms with Gasteiger partial charge < -0.3 is 0 Å². The van der Waals surface area contributed by atoms with E-state index in [2.05, 4.69) is 20.4 Å². The summed E-state index contributed by atoms with van der Waals surface area (Å²) in [5.41, 5.74) is 1.28. The number of carbonyl (C=O) groups is 2. The van der Waals surface area contributed by atoms with Crippen molar-refractivity contribution < 1.29 is 9.59 Å². The molecular weight excluding hydrogens is 440 g/mol. The Morgan fingerprint density at radius 2 is 1.80 bits per heavy atom. The van der Waals surface area contributed by atoms with Gasteiger partial charge >= 0.3 is 0 Å². The monoisotopic (exact) mass is 466 g/mol. The van der Waals surface area contributed by atoms with Crippen molar-refractivity contribution in [3.05, 3.63) is 89.0 Å². The molecule has 3 aromatic rings. The van der Waals surface area contributed by atoms with E-state index in [1.165, 1.54) is 11.5 Å². The van der Waals surface area contributed by atoms with Crippen molar-refractivity contribution in [2.45, 2.75) is 45.3 Å². The molecule has 3 aliphatic heterocycles. The Hall–Kier alpha value is -4.00. The molecule has 0 bridgehead atoms. The fraction of sp³-hybridized carbons (Fsp3) is 0.286. The molecule has 7 heteroatoms. The van der Waals surface area contributed by atoms with Gasteiger partial charge in [0.25, 0.3) is 11.5 Å². The minimum absolute atomic E-state index is 0.159. The number of hydrogen-bond acceptors (Lipinski definition) is 4. The molecule has 0 fully saturated rings. The SMILES string of the molecule is C=CC(C)(C)[C@@]12C=C3c4nc5ccccc5c(=O)n4[C@H](C)C(=O)N3[C@@H]1N(C(C)=O)c1ccccc12. The number of aromatic nitrogens is 2. The summed E-state index contributed by atoms with van der Waals surface area (Å²) in [6, 6.07) is 14.2. The van der Waals surface area contributed by atoms with Crippen LogP contribution in [0.5, 0.6) is 0 Å². The molecule has 0 aliphatic carbocycles. The summed E-state index contributed by atoms with van der Waals surface area (Å²) in [6.45, 7) is 11.5. The second-order valence-electron chi connectivity index (χ2n) is 10.1. The lowest BCUT2D eigenvalue weighted by Crippen LogP contribution is -2.60. The average Bonchev–Trinajstić information content (AvgIpc) is 3.34. The number of benzene rings is 2. The van der Waals surface area contributed by atoms with Crippen LogP contribution in [0.15, 0.2) is 72.1 Å². The van der Waals surface area contributed by atoms with Gasteiger partial charge in [0.15, 0.2) is 5.82 Å². The van der Waals surface area contributed by atoms with Gasteiger partial charge in [-0.2, -0.15) is 0 Å². The Kier molecular flexibility index (Phi) is 4.17. The number of anilines is 1. The lowest BCUT2D eigenvalue weighted by atomic mass is 9.61. The Balaban J connectivity index is 1.75. The summed E-state index contributed by atoms with van der Waals surface area (Å²) in [5.74, 6) is 0.0397. The molecule has 3 aliphatic rings. The fourth-order valence-corrected chi connectivity index (χ4v) is 6.18. The fourth-order valence-electron chi connectivity index (χ4n) is 6.18. The van der Waals surface area contributed by atoms with Crippen LogP contribution < -0.4 is 10.5 Å². The third-order valence-corrected chi connectivity index (χ3v) is 8.06. The number of amides is 2. The number of carbonyl (C=O) groups excluding carboxylic acids is 2. The molecule has 3 atom stereocenters. The zero-order chi connectivity index (χ0) is 24.9. The molecule has 0 spiro atoms. The Morgan fingerprint density at radius 1 is 1.11 bits per heavy atom. The van der Waals surface area contributed by atoms with E-state index in [-0.39, 0.29) is 17.4 Å². The van der Waals surface area contributed by atoms with Crippen LogP contribution in [0.25, 0.3) is 16.6 Å². The van der Waals surface area contributed by atoms with Gasteiger partial charge in [-0.1, -0.05) is 50.3 Å². The molecule has 0 saturated heterocycles. The standard InChI is InChI=1S/C28H26N4O3/c1-6-27(4,5)28-15-22-23-29-20-13-9-7-11-18(20)25(35)30(23)16(2)24(34)32(22)26(28)31(17(3)33)21-14-10-8-12-19(21)28/h6-16,26H,1H2,2-5H3/t16-,26+,28-/m1/s1. The molecule has 0 radical (unpaired) electrons. The van der Waals surface area contributed by atoms with Crippen molar-refractivity contribution >= 4 is 34.1 Å². The van der Waals surface area contributed by atoms with E-state index in [1.807, 2.05) is 42.5 Å². The summed E-state index contributed by atoms with van der Waals surface area (Å²) in [7, 11) is 0. The second kappa shape index (κ2) is 6.78. The largest absolute Gasteiger partial charge is 0.290 e. The van der Waals surface area contributed by atoms with Gasteiger partial charge in [-0.05, 0) is 42.2 Å². The van der Waals surface area contributed by atoms with Crippen LogP contribution in [-0.4, -0.2) is 32.4 Å². The molecule has 2 amide bonds. The van der Waals surface area contributed by atoms with Crippen molar-refractivity contribution in [3.8, 4) is 0 Å². The van der Waals surface area contributed by atoms with E-state index in [0.29, 0.717) is 22.4 Å². The van der Waals surface area contributed by atoms with Crippen molar-refractivity contribution in [3.63, 3.8) is 0 Å². The second-order valence-corrected chi connectivity index (χ2v) is 10.1. The molecule has 6 rings (SSSR count). The van der Waals surface area contributed by atoms with E-state index in [4.69, 9.17) is 4.98 Å². The zero-order valence-electron chi connectivity index (χ0n) is 20.1. The molecule has 0 N–H and O–H groups in total.